The molecule has 0 saturated carbocycles. The van der Waals surface area contributed by atoms with Crippen LogP contribution >= 0.6 is 11.6 Å². The number of carbonyl (C=O) groups excluding carboxylic acids is 1. The van der Waals surface area contributed by atoms with Gasteiger partial charge in [0.1, 0.15) is 6.54 Å². The lowest BCUT2D eigenvalue weighted by Crippen LogP contribution is -2.44. The standard InChI is InChI=1S/C15H18ClF3N2O3S/c1-25(23,24)21(10-14(22)20-7-3-2-4-8-20)13-9-11(15(17,18)19)5-6-12(13)16/h5-6,9H,2-4,7-8,10H2,1H3. The van der Waals surface area contributed by atoms with Crippen LogP contribution in [0.2, 0.25) is 5.02 Å². The molecule has 0 N–H and O–H groups in total. The van der Waals surface area contributed by atoms with Gasteiger partial charge in [-0.05, 0) is 37.5 Å². The number of anilines is 1. The second-order valence-electron chi connectivity index (χ2n) is 5.88. The minimum absolute atomic E-state index is 0.176. The van der Waals surface area contributed by atoms with E-state index in [9.17, 15) is 26.4 Å². The van der Waals surface area contributed by atoms with E-state index in [1.807, 2.05) is 0 Å². The third-order valence-electron chi connectivity index (χ3n) is 3.93. The van der Waals surface area contributed by atoms with Crippen LogP contribution in [0, 0.1) is 0 Å². The topological polar surface area (TPSA) is 57.7 Å². The average Bonchev–Trinajstić information content (AvgIpc) is 2.52. The van der Waals surface area contributed by atoms with E-state index in [0.717, 1.165) is 37.7 Å². The Morgan fingerprint density at radius 3 is 2.36 bits per heavy atom. The highest BCUT2D eigenvalue weighted by atomic mass is 35.5. The predicted octanol–water partition coefficient (Wildman–Crippen LogP) is 3.14. The van der Waals surface area contributed by atoms with Crippen molar-refractivity contribution < 1.29 is 26.4 Å². The van der Waals surface area contributed by atoms with E-state index in [0.29, 0.717) is 23.5 Å². The van der Waals surface area contributed by atoms with Crippen LogP contribution in [-0.4, -0.2) is 45.1 Å². The molecule has 10 heteroatoms. The number of piperidine rings is 1. The maximum Gasteiger partial charge on any atom is 0.416 e. The number of sulfonamides is 1. The molecule has 1 aromatic rings. The van der Waals surface area contributed by atoms with E-state index < -0.39 is 34.2 Å². The molecule has 5 nitrogen and oxygen atoms in total. The van der Waals surface area contributed by atoms with E-state index in [4.69, 9.17) is 11.6 Å². The largest absolute Gasteiger partial charge is 0.416 e. The molecule has 1 amide bonds. The number of benzene rings is 1. The first-order valence-electron chi connectivity index (χ1n) is 7.62. The Labute approximate surface area is 149 Å². The lowest BCUT2D eigenvalue weighted by Gasteiger charge is -2.30. The van der Waals surface area contributed by atoms with Crippen molar-refractivity contribution in [2.24, 2.45) is 0 Å². The lowest BCUT2D eigenvalue weighted by atomic mass is 10.1. The third kappa shape index (κ3) is 5.01. The summed E-state index contributed by atoms with van der Waals surface area (Å²) in [6.07, 6.45) is -1.21. The van der Waals surface area contributed by atoms with Crippen molar-refractivity contribution in [1.29, 1.82) is 0 Å². The Bertz CT molecular complexity index is 747. The van der Waals surface area contributed by atoms with Crippen LogP contribution in [0.15, 0.2) is 18.2 Å². The second-order valence-corrected chi connectivity index (χ2v) is 8.19. The first-order chi connectivity index (χ1) is 11.5. The first kappa shape index (κ1) is 19.8. The molecule has 0 spiro atoms. The van der Waals surface area contributed by atoms with E-state index in [2.05, 4.69) is 0 Å². The summed E-state index contributed by atoms with van der Waals surface area (Å²) in [5, 5.41) is -0.176. The van der Waals surface area contributed by atoms with E-state index in [1.165, 1.54) is 4.90 Å². The number of hydrogen-bond donors (Lipinski definition) is 0. The van der Waals surface area contributed by atoms with Crippen LogP contribution in [0.3, 0.4) is 0 Å². The van der Waals surface area contributed by atoms with Crippen LogP contribution in [0.1, 0.15) is 24.8 Å². The summed E-state index contributed by atoms with van der Waals surface area (Å²) in [4.78, 5) is 13.9. The van der Waals surface area contributed by atoms with Gasteiger partial charge < -0.3 is 4.90 Å². The van der Waals surface area contributed by atoms with Gasteiger partial charge in [0.05, 0.1) is 22.5 Å². The summed E-state index contributed by atoms with van der Waals surface area (Å²) in [6.45, 7) is 0.430. The van der Waals surface area contributed by atoms with Crippen LogP contribution in [-0.2, 0) is 21.0 Å². The zero-order chi connectivity index (χ0) is 18.8. The van der Waals surface area contributed by atoms with Gasteiger partial charge >= 0.3 is 6.18 Å². The van der Waals surface area contributed by atoms with Gasteiger partial charge in [-0.3, -0.25) is 9.10 Å². The molecule has 1 heterocycles. The quantitative estimate of drug-likeness (QED) is 0.783. The predicted molar refractivity (Wildman–Crippen MR) is 89.1 cm³/mol. The van der Waals surface area contributed by atoms with E-state index >= 15 is 0 Å². The molecule has 2 rings (SSSR count). The number of amides is 1. The third-order valence-corrected chi connectivity index (χ3v) is 5.38. The Balaban J connectivity index is 2.37. The summed E-state index contributed by atoms with van der Waals surface area (Å²) in [7, 11) is -4.00. The fraction of sp³-hybridized carbons (Fsp3) is 0.533. The molecule has 0 aliphatic carbocycles. The summed E-state index contributed by atoms with van der Waals surface area (Å²) < 4.78 is 63.6. The van der Waals surface area contributed by atoms with Crippen molar-refractivity contribution in [2.45, 2.75) is 25.4 Å². The van der Waals surface area contributed by atoms with Gasteiger partial charge in [-0.25, -0.2) is 8.42 Å². The molecule has 1 aliphatic rings. The zero-order valence-electron chi connectivity index (χ0n) is 13.5. The molecule has 1 aromatic carbocycles. The smallest absolute Gasteiger partial charge is 0.341 e. The summed E-state index contributed by atoms with van der Waals surface area (Å²) in [5.41, 5.74) is -1.39. The molecule has 0 atom stereocenters. The Morgan fingerprint density at radius 2 is 1.84 bits per heavy atom. The Hall–Kier alpha value is -1.48. The highest BCUT2D eigenvalue weighted by molar-refractivity contribution is 7.92. The highest BCUT2D eigenvalue weighted by Crippen LogP contribution is 2.36. The number of alkyl halides is 3. The first-order valence-corrected chi connectivity index (χ1v) is 9.85. The molecule has 0 unspecified atom stereocenters. The van der Waals surface area contributed by atoms with Crippen molar-refractivity contribution >= 4 is 33.2 Å². The SMILES string of the molecule is CS(=O)(=O)N(CC(=O)N1CCCCC1)c1cc(C(F)(F)F)ccc1Cl. The van der Waals surface area contributed by atoms with Gasteiger partial charge in [-0.2, -0.15) is 13.2 Å². The molecule has 25 heavy (non-hydrogen) atoms. The molecule has 0 bridgehead atoms. The molecular formula is C15H18ClF3N2O3S. The number of rotatable bonds is 4. The highest BCUT2D eigenvalue weighted by Gasteiger charge is 2.33. The van der Waals surface area contributed by atoms with E-state index in [-0.39, 0.29) is 10.7 Å². The number of hydrogen-bond acceptors (Lipinski definition) is 3. The number of carbonyl (C=O) groups is 1. The molecule has 0 aromatic heterocycles. The Morgan fingerprint density at radius 1 is 1.24 bits per heavy atom. The van der Waals surface area contributed by atoms with Gasteiger partial charge in [0.25, 0.3) is 0 Å². The van der Waals surface area contributed by atoms with Gasteiger partial charge in [-0.1, -0.05) is 11.6 Å². The van der Waals surface area contributed by atoms with Crippen LogP contribution < -0.4 is 4.31 Å². The van der Waals surface area contributed by atoms with Crippen molar-refractivity contribution in [3.63, 3.8) is 0 Å². The zero-order valence-corrected chi connectivity index (χ0v) is 15.1. The fourth-order valence-corrected chi connectivity index (χ4v) is 3.75. The van der Waals surface area contributed by atoms with Gasteiger partial charge in [-0.15, -0.1) is 0 Å². The molecular weight excluding hydrogens is 381 g/mol. The summed E-state index contributed by atoms with van der Waals surface area (Å²) in [5.74, 6) is -0.460. The van der Waals surface area contributed by atoms with Gasteiger partial charge in [0.15, 0.2) is 0 Å². The van der Waals surface area contributed by atoms with Crippen LogP contribution in [0.5, 0.6) is 0 Å². The normalized spacial score (nSPS) is 16.0. The monoisotopic (exact) mass is 398 g/mol. The fourth-order valence-electron chi connectivity index (χ4n) is 2.63. The Kier molecular flexibility index (Phi) is 5.88. The molecule has 1 aliphatic heterocycles. The van der Waals surface area contributed by atoms with Crippen molar-refractivity contribution in [2.75, 3.05) is 30.2 Å². The minimum Gasteiger partial charge on any atom is -0.341 e. The van der Waals surface area contributed by atoms with Crippen LogP contribution in [0.25, 0.3) is 0 Å². The number of halogens is 4. The molecule has 1 saturated heterocycles. The summed E-state index contributed by atoms with van der Waals surface area (Å²) in [6, 6.07) is 2.38. The minimum atomic E-state index is -4.65. The summed E-state index contributed by atoms with van der Waals surface area (Å²) >= 11 is 5.92. The van der Waals surface area contributed by atoms with Gasteiger partial charge in [0, 0.05) is 13.1 Å². The lowest BCUT2D eigenvalue weighted by molar-refractivity contribution is -0.137. The van der Waals surface area contributed by atoms with Gasteiger partial charge in [0.2, 0.25) is 15.9 Å². The van der Waals surface area contributed by atoms with Crippen molar-refractivity contribution in [3.8, 4) is 0 Å². The second kappa shape index (κ2) is 7.41. The number of nitrogens with zero attached hydrogens (tertiary/aromatic N) is 2. The number of likely N-dealkylation sites (tertiary alicyclic amines) is 1. The van der Waals surface area contributed by atoms with Crippen molar-refractivity contribution in [1.82, 2.24) is 4.90 Å². The average molecular weight is 399 g/mol. The molecule has 0 radical (unpaired) electrons. The maximum absolute atomic E-state index is 12.9. The molecule has 1 fully saturated rings. The maximum atomic E-state index is 12.9. The molecule has 140 valence electrons. The van der Waals surface area contributed by atoms with Crippen molar-refractivity contribution in [3.05, 3.63) is 28.8 Å². The van der Waals surface area contributed by atoms with Crippen LogP contribution in [0.4, 0.5) is 18.9 Å². The van der Waals surface area contributed by atoms with E-state index in [1.54, 1.807) is 0 Å².